The topological polar surface area (TPSA) is 47.1 Å². The van der Waals surface area contributed by atoms with E-state index in [2.05, 4.69) is 46.2 Å². The summed E-state index contributed by atoms with van der Waals surface area (Å²) in [4.78, 5) is 33.3. The van der Waals surface area contributed by atoms with Crippen molar-refractivity contribution in [2.75, 3.05) is 22.9 Å². The molecule has 38 heavy (non-hydrogen) atoms. The van der Waals surface area contributed by atoms with Crippen molar-refractivity contribution >= 4 is 51.9 Å². The number of rotatable bonds is 6. The Morgan fingerprint density at radius 1 is 0.632 bits per heavy atom. The number of benzene rings is 3. The van der Waals surface area contributed by atoms with E-state index in [-0.39, 0.29) is 22.5 Å². The minimum Gasteiger partial charge on any atom is -0.294 e. The predicted octanol–water partition coefficient (Wildman–Crippen LogP) is 6.30. The van der Waals surface area contributed by atoms with Crippen LogP contribution < -0.4 is 9.80 Å². The summed E-state index contributed by atoms with van der Waals surface area (Å²) in [7, 11) is 0. The molecule has 0 spiro atoms. The van der Waals surface area contributed by atoms with Gasteiger partial charge in [-0.1, -0.05) is 60.7 Å². The SMILES string of the molecule is CCN1C(=O)C(=C/C=C/C=C2N(c3ccccc3)c3ccccc3N2c2ccccc2)C(=O)N(CC)C1=S. The van der Waals surface area contributed by atoms with Crippen LogP contribution in [0.15, 0.2) is 121 Å². The molecule has 5 rings (SSSR count). The third-order valence-corrected chi connectivity index (χ3v) is 6.96. The van der Waals surface area contributed by atoms with Crippen molar-refractivity contribution < 1.29 is 9.59 Å². The zero-order chi connectivity index (χ0) is 26.6. The molecule has 0 radical (unpaired) electrons. The summed E-state index contributed by atoms with van der Waals surface area (Å²) in [5, 5.41) is 0.258. The summed E-state index contributed by atoms with van der Waals surface area (Å²) in [6, 6.07) is 28.6. The van der Waals surface area contributed by atoms with Crippen LogP contribution in [0, 0.1) is 0 Å². The van der Waals surface area contributed by atoms with Crippen molar-refractivity contribution in [1.29, 1.82) is 0 Å². The van der Waals surface area contributed by atoms with Gasteiger partial charge < -0.3 is 0 Å². The van der Waals surface area contributed by atoms with Gasteiger partial charge in [0.15, 0.2) is 5.11 Å². The van der Waals surface area contributed by atoms with Crippen LogP contribution in [0.2, 0.25) is 0 Å². The lowest BCUT2D eigenvalue weighted by atomic mass is 10.1. The van der Waals surface area contributed by atoms with Gasteiger partial charge in [-0.3, -0.25) is 29.2 Å². The molecule has 2 aliphatic heterocycles. The molecule has 0 N–H and O–H groups in total. The van der Waals surface area contributed by atoms with E-state index in [0.29, 0.717) is 13.1 Å². The number of carbonyl (C=O) groups is 2. The van der Waals surface area contributed by atoms with E-state index in [9.17, 15) is 9.59 Å². The molecule has 2 aliphatic rings. The standard InChI is InChI=1S/C31H28N4O2S/c1-3-32-29(36)25(30(37)33(4-2)31(32)38)19-11-14-22-28-34(23-15-7-5-8-16-23)26-20-12-13-21-27(26)35(28)24-17-9-6-10-18-24/h5-22H,3-4H2,1-2H3/b14-11+. The van der Waals surface area contributed by atoms with Crippen LogP contribution in [0.5, 0.6) is 0 Å². The Morgan fingerprint density at radius 2 is 1.05 bits per heavy atom. The number of para-hydroxylation sites is 4. The highest BCUT2D eigenvalue weighted by molar-refractivity contribution is 7.80. The Labute approximate surface area is 228 Å². The number of hydrogen-bond acceptors (Lipinski definition) is 5. The maximum atomic E-state index is 13.0. The maximum absolute atomic E-state index is 13.0. The van der Waals surface area contributed by atoms with E-state index in [4.69, 9.17) is 12.2 Å². The van der Waals surface area contributed by atoms with Gasteiger partial charge in [0.05, 0.1) is 11.4 Å². The van der Waals surface area contributed by atoms with Crippen LogP contribution in [0.3, 0.4) is 0 Å². The second kappa shape index (κ2) is 10.9. The quantitative estimate of drug-likeness (QED) is 0.217. The van der Waals surface area contributed by atoms with Crippen LogP contribution in [-0.4, -0.2) is 39.8 Å². The zero-order valence-electron chi connectivity index (χ0n) is 21.3. The van der Waals surface area contributed by atoms with Gasteiger partial charge in [0, 0.05) is 24.5 Å². The van der Waals surface area contributed by atoms with Gasteiger partial charge in [-0.2, -0.15) is 0 Å². The molecule has 0 unspecified atom stereocenters. The van der Waals surface area contributed by atoms with Gasteiger partial charge in [-0.05, 0) is 74.6 Å². The van der Waals surface area contributed by atoms with Gasteiger partial charge in [0.1, 0.15) is 11.4 Å². The molecule has 1 fully saturated rings. The number of likely N-dealkylation sites (N-methyl/N-ethyl adjacent to an activating group) is 2. The summed E-state index contributed by atoms with van der Waals surface area (Å²) < 4.78 is 0. The number of carbonyl (C=O) groups excluding carboxylic acids is 2. The van der Waals surface area contributed by atoms with Crippen molar-refractivity contribution in [2.45, 2.75) is 13.8 Å². The first-order valence-corrected chi connectivity index (χ1v) is 13.0. The van der Waals surface area contributed by atoms with Crippen molar-refractivity contribution in [3.63, 3.8) is 0 Å². The Kier molecular flexibility index (Phi) is 7.20. The van der Waals surface area contributed by atoms with Crippen molar-refractivity contribution in [2.24, 2.45) is 0 Å². The molecule has 0 atom stereocenters. The molecule has 3 aromatic rings. The minimum atomic E-state index is -0.366. The van der Waals surface area contributed by atoms with Crippen molar-refractivity contribution in [3.05, 3.63) is 121 Å². The van der Waals surface area contributed by atoms with E-state index in [0.717, 1.165) is 28.6 Å². The zero-order valence-corrected chi connectivity index (χ0v) is 22.1. The summed E-state index contributed by atoms with van der Waals surface area (Å²) in [6.45, 7) is 4.51. The predicted molar refractivity (Wildman–Crippen MR) is 156 cm³/mol. The first kappa shape index (κ1) is 25.2. The highest BCUT2D eigenvalue weighted by Gasteiger charge is 2.37. The largest absolute Gasteiger partial charge is 0.294 e. The molecule has 2 heterocycles. The molecule has 0 saturated carbocycles. The third kappa shape index (κ3) is 4.41. The Morgan fingerprint density at radius 3 is 1.50 bits per heavy atom. The number of hydrogen-bond donors (Lipinski definition) is 0. The number of allylic oxidation sites excluding steroid dienone is 4. The second-order valence-corrected chi connectivity index (χ2v) is 9.07. The number of fused-ring (bicyclic) bond motifs is 1. The lowest BCUT2D eigenvalue weighted by molar-refractivity contribution is -0.133. The number of amides is 2. The van der Waals surface area contributed by atoms with Gasteiger partial charge in [-0.15, -0.1) is 0 Å². The fourth-order valence-corrected chi connectivity index (χ4v) is 5.15. The average Bonchev–Trinajstić information content (AvgIpc) is 3.28. The van der Waals surface area contributed by atoms with E-state index in [1.54, 1.807) is 12.2 Å². The normalized spacial score (nSPS) is 15.6. The Balaban J connectivity index is 1.57. The van der Waals surface area contributed by atoms with E-state index >= 15 is 0 Å². The fraction of sp³-hybridized carbons (Fsp3) is 0.129. The summed E-state index contributed by atoms with van der Waals surface area (Å²) >= 11 is 5.36. The van der Waals surface area contributed by atoms with Gasteiger partial charge >= 0.3 is 0 Å². The first-order chi connectivity index (χ1) is 18.6. The fourth-order valence-electron chi connectivity index (χ4n) is 4.73. The van der Waals surface area contributed by atoms with Gasteiger partial charge in [0.25, 0.3) is 11.8 Å². The lowest BCUT2D eigenvalue weighted by Gasteiger charge is -2.35. The molecule has 2 amide bonds. The molecule has 6 nitrogen and oxygen atoms in total. The molecule has 3 aromatic carbocycles. The molecule has 0 bridgehead atoms. The summed E-state index contributed by atoms with van der Waals surface area (Å²) in [5.74, 6) is 0.190. The van der Waals surface area contributed by atoms with E-state index < -0.39 is 0 Å². The van der Waals surface area contributed by atoms with Gasteiger partial charge in [0.2, 0.25) is 0 Å². The highest BCUT2D eigenvalue weighted by Crippen LogP contribution is 2.49. The number of nitrogens with zero attached hydrogens (tertiary/aromatic N) is 4. The van der Waals surface area contributed by atoms with Crippen LogP contribution in [-0.2, 0) is 9.59 Å². The highest BCUT2D eigenvalue weighted by atomic mass is 32.1. The van der Waals surface area contributed by atoms with Crippen molar-refractivity contribution in [3.8, 4) is 0 Å². The third-order valence-electron chi connectivity index (χ3n) is 6.52. The Hall–Kier alpha value is -4.49. The smallest absolute Gasteiger partial charge is 0.265 e. The molecule has 190 valence electrons. The number of anilines is 4. The maximum Gasteiger partial charge on any atom is 0.265 e. The van der Waals surface area contributed by atoms with Crippen LogP contribution in [0.4, 0.5) is 22.7 Å². The first-order valence-electron chi connectivity index (χ1n) is 12.6. The average molecular weight is 521 g/mol. The molecule has 1 saturated heterocycles. The monoisotopic (exact) mass is 520 g/mol. The van der Waals surface area contributed by atoms with E-state index in [1.165, 1.54) is 9.80 Å². The van der Waals surface area contributed by atoms with Crippen LogP contribution >= 0.6 is 12.2 Å². The molecular weight excluding hydrogens is 492 g/mol. The number of thiocarbonyl (C=S) groups is 1. The van der Waals surface area contributed by atoms with Crippen LogP contribution in [0.25, 0.3) is 0 Å². The van der Waals surface area contributed by atoms with Gasteiger partial charge in [-0.25, -0.2) is 0 Å². The molecule has 0 aromatic heterocycles. The van der Waals surface area contributed by atoms with Crippen LogP contribution in [0.1, 0.15) is 13.8 Å². The van der Waals surface area contributed by atoms with Crippen molar-refractivity contribution in [1.82, 2.24) is 9.80 Å². The summed E-state index contributed by atoms with van der Waals surface area (Å²) in [6.07, 6.45) is 7.18. The van der Waals surface area contributed by atoms with E-state index in [1.807, 2.05) is 74.5 Å². The lowest BCUT2D eigenvalue weighted by Crippen LogP contribution is -2.55. The molecule has 7 heteroatoms. The molecular formula is C31H28N4O2S. The minimum absolute atomic E-state index is 0.103. The Bertz CT molecular complexity index is 1370. The second-order valence-electron chi connectivity index (χ2n) is 8.70. The summed E-state index contributed by atoms with van der Waals surface area (Å²) in [5.41, 5.74) is 4.28. The molecule has 0 aliphatic carbocycles.